The lowest BCUT2D eigenvalue weighted by atomic mass is 10.3. The van der Waals surface area contributed by atoms with E-state index in [1.54, 1.807) is 18.2 Å². The summed E-state index contributed by atoms with van der Waals surface area (Å²) in [6, 6.07) is 11.7. The number of nitrogens with one attached hydrogen (secondary N) is 1. The second-order valence-corrected chi connectivity index (χ2v) is 4.73. The molecular formula is C13H8ClFN2S. The van der Waals surface area contributed by atoms with Gasteiger partial charge in [-0.3, -0.25) is 4.57 Å². The van der Waals surface area contributed by atoms with Crippen LogP contribution in [0.4, 0.5) is 4.39 Å². The largest absolute Gasteiger partial charge is 0.330 e. The van der Waals surface area contributed by atoms with Crippen LogP contribution in [0.1, 0.15) is 0 Å². The average molecular weight is 279 g/mol. The van der Waals surface area contributed by atoms with Crippen LogP contribution in [-0.4, -0.2) is 9.55 Å². The molecule has 0 aliphatic carbocycles. The second kappa shape index (κ2) is 4.23. The van der Waals surface area contributed by atoms with Gasteiger partial charge in [0.2, 0.25) is 0 Å². The Morgan fingerprint density at radius 2 is 1.83 bits per heavy atom. The molecule has 2 nitrogen and oxygen atoms in total. The molecule has 0 amide bonds. The van der Waals surface area contributed by atoms with Crippen LogP contribution in [0.3, 0.4) is 0 Å². The number of aromatic nitrogens is 2. The van der Waals surface area contributed by atoms with E-state index in [1.165, 1.54) is 12.1 Å². The molecular weight excluding hydrogens is 271 g/mol. The van der Waals surface area contributed by atoms with Crippen molar-refractivity contribution in [2.45, 2.75) is 0 Å². The fourth-order valence-electron chi connectivity index (χ4n) is 1.92. The SMILES string of the molecule is Fc1ccc(-n2c(=S)[nH]c3ccc(Cl)cc32)cc1. The van der Waals surface area contributed by atoms with Gasteiger partial charge in [0.1, 0.15) is 5.82 Å². The third kappa shape index (κ3) is 1.83. The molecule has 5 heteroatoms. The summed E-state index contributed by atoms with van der Waals surface area (Å²) in [4.78, 5) is 3.09. The molecule has 1 N–H and O–H groups in total. The molecule has 0 radical (unpaired) electrons. The highest BCUT2D eigenvalue weighted by molar-refractivity contribution is 7.71. The number of halogens is 2. The van der Waals surface area contributed by atoms with E-state index in [0.29, 0.717) is 9.79 Å². The van der Waals surface area contributed by atoms with Crippen LogP contribution in [0.25, 0.3) is 16.7 Å². The van der Waals surface area contributed by atoms with E-state index in [2.05, 4.69) is 4.98 Å². The minimum atomic E-state index is -0.275. The molecule has 18 heavy (non-hydrogen) atoms. The fraction of sp³-hybridized carbons (Fsp3) is 0. The number of H-pyrrole nitrogens is 1. The molecule has 0 unspecified atom stereocenters. The van der Waals surface area contributed by atoms with Crippen molar-refractivity contribution >= 4 is 34.9 Å². The highest BCUT2D eigenvalue weighted by Crippen LogP contribution is 2.22. The van der Waals surface area contributed by atoms with Crippen LogP contribution in [0, 0.1) is 10.6 Å². The Kier molecular flexibility index (Phi) is 2.69. The number of fused-ring (bicyclic) bond motifs is 1. The number of aromatic amines is 1. The van der Waals surface area contributed by atoms with Gasteiger partial charge in [-0.25, -0.2) is 4.39 Å². The summed E-state index contributed by atoms with van der Waals surface area (Å²) in [6.07, 6.45) is 0. The Morgan fingerprint density at radius 1 is 1.11 bits per heavy atom. The van der Waals surface area contributed by atoms with Crippen molar-refractivity contribution in [3.05, 3.63) is 58.1 Å². The van der Waals surface area contributed by atoms with Crippen LogP contribution in [0.5, 0.6) is 0 Å². The molecule has 1 aromatic heterocycles. The summed E-state index contributed by atoms with van der Waals surface area (Å²) in [6.45, 7) is 0. The number of benzene rings is 2. The maximum atomic E-state index is 12.9. The predicted octanol–water partition coefficient (Wildman–Crippen LogP) is 4.48. The van der Waals surface area contributed by atoms with E-state index in [-0.39, 0.29) is 5.82 Å². The Bertz CT molecular complexity index is 774. The van der Waals surface area contributed by atoms with Crippen LogP contribution < -0.4 is 0 Å². The van der Waals surface area contributed by atoms with Gasteiger partial charge in [0.05, 0.1) is 11.0 Å². The number of imidazole rings is 1. The van der Waals surface area contributed by atoms with E-state index in [1.807, 2.05) is 16.7 Å². The Morgan fingerprint density at radius 3 is 2.56 bits per heavy atom. The standard InChI is InChI=1S/C13H8ClFN2S/c14-8-1-6-11-12(7-8)17(13(18)16-11)10-4-2-9(15)3-5-10/h1-7H,(H,16,18). The van der Waals surface area contributed by atoms with Crippen LogP contribution in [0.15, 0.2) is 42.5 Å². The molecule has 90 valence electrons. The van der Waals surface area contributed by atoms with Gasteiger partial charge in [-0.1, -0.05) is 11.6 Å². The minimum absolute atomic E-state index is 0.275. The normalized spacial score (nSPS) is 11.0. The van der Waals surface area contributed by atoms with Crippen LogP contribution in [0.2, 0.25) is 5.02 Å². The van der Waals surface area contributed by atoms with Gasteiger partial charge in [0, 0.05) is 10.7 Å². The lowest BCUT2D eigenvalue weighted by molar-refractivity contribution is 0.627. The Balaban J connectivity index is 2.34. The van der Waals surface area contributed by atoms with Crippen molar-refractivity contribution < 1.29 is 4.39 Å². The van der Waals surface area contributed by atoms with Gasteiger partial charge in [-0.2, -0.15) is 0 Å². The number of hydrogen-bond acceptors (Lipinski definition) is 1. The van der Waals surface area contributed by atoms with Gasteiger partial charge in [0.15, 0.2) is 4.77 Å². The van der Waals surface area contributed by atoms with Crippen molar-refractivity contribution in [2.75, 3.05) is 0 Å². The first-order valence-corrected chi connectivity index (χ1v) is 6.10. The molecule has 3 rings (SSSR count). The highest BCUT2D eigenvalue weighted by Gasteiger charge is 2.07. The summed E-state index contributed by atoms with van der Waals surface area (Å²) in [7, 11) is 0. The Labute approximate surface area is 113 Å². The summed E-state index contributed by atoms with van der Waals surface area (Å²) < 4.78 is 15.3. The van der Waals surface area contributed by atoms with Gasteiger partial charge < -0.3 is 4.98 Å². The molecule has 2 aromatic carbocycles. The first-order valence-electron chi connectivity index (χ1n) is 5.31. The molecule has 1 heterocycles. The van der Waals surface area contributed by atoms with E-state index >= 15 is 0 Å². The van der Waals surface area contributed by atoms with Crippen molar-refractivity contribution in [2.24, 2.45) is 0 Å². The lowest BCUT2D eigenvalue weighted by Gasteiger charge is -2.04. The van der Waals surface area contributed by atoms with Crippen LogP contribution in [-0.2, 0) is 0 Å². The second-order valence-electron chi connectivity index (χ2n) is 3.90. The zero-order valence-electron chi connectivity index (χ0n) is 9.15. The van der Waals surface area contributed by atoms with Gasteiger partial charge in [0.25, 0.3) is 0 Å². The van der Waals surface area contributed by atoms with E-state index < -0.39 is 0 Å². The third-order valence-electron chi connectivity index (χ3n) is 2.73. The van der Waals surface area contributed by atoms with Crippen molar-refractivity contribution in [1.29, 1.82) is 0 Å². The maximum Gasteiger partial charge on any atom is 0.182 e. The molecule has 0 aliphatic rings. The summed E-state index contributed by atoms with van der Waals surface area (Å²) in [5.41, 5.74) is 2.57. The molecule has 0 saturated heterocycles. The average Bonchev–Trinajstić information content (AvgIpc) is 2.66. The quantitative estimate of drug-likeness (QED) is 0.651. The molecule has 0 fully saturated rings. The molecule has 0 saturated carbocycles. The van der Waals surface area contributed by atoms with Gasteiger partial charge in [-0.05, 0) is 54.7 Å². The molecule has 3 aromatic rings. The molecule has 0 spiro atoms. The molecule has 0 aliphatic heterocycles. The predicted molar refractivity (Wildman–Crippen MR) is 73.4 cm³/mol. The van der Waals surface area contributed by atoms with Gasteiger partial charge >= 0.3 is 0 Å². The fourth-order valence-corrected chi connectivity index (χ4v) is 2.40. The monoisotopic (exact) mass is 278 g/mol. The van der Waals surface area contributed by atoms with E-state index in [9.17, 15) is 4.39 Å². The number of rotatable bonds is 1. The molecule has 0 bridgehead atoms. The molecule has 0 atom stereocenters. The first kappa shape index (κ1) is 11.4. The summed E-state index contributed by atoms with van der Waals surface area (Å²) in [5, 5.41) is 0.632. The smallest absolute Gasteiger partial charge is 0.182 e. The lowest BCUT2D eigenvalue weighted by Crippen LogP contribution is -1.93. The van der Waals surface area contributed by atoms with Crippen molar-refractivity contribution in [1.82, 2.24) is 9.55 Å². The van der Waals surface area contributed by atoms with Crippen molar-refractivity contribution in [3.8, 4) is 5.69 Å². The van der Waals surface area contributed by atoms with E-state index in [0.717, 1.165) is 16.7 Å². The summed E-state index contributed by atoms with van der Waals surface area (Å²) >= 11 is 11.3. The van der Waals surface area contributed by atoms with Crippen molar-refractivity contribution in [3.63, 3.8) is 0 Å². The van der Waals surface area contributed by atoms with Gasteiger partial charge in [-0.15, -0.1) is 0 Å². The number of hydrogen-bond donors (Lipinski definition) is 1. The third-order valence-corrected chi connectivity index (χ3v) is 3.25. The first-order chi connectivity index (χ1) is 8.65. The Hall–Kier alpha value is -1.65. The van der Waals surface area contributed by atoms with E-state index in [4.69, 9.17) is 23.8 Å². The highest BCUT2D eigenvalue weighted by atomic mass is 35.5. The maximum absolute atomic E-state index is 12.9. The zero-order chi connectivity index (χ0) is 12.7. The zero-order valence-corrected chi connectivity index (χ0v) is 10.7. The minimum Gasteiger partial charge on any atom is -0.330 e. The summed E-state index contributed by atoms with van der Waals surface area (Å²) in [5.74, 6) is -0.275. The van der Waals surface area contributed by atoms with Crippen LogP contribution >= 0.6 is 23.8 Å². The number of nitrogens with zero attached hydrogens (tertiary/aromatic N) is 1. The topological polar surface area (TPSA) is 20.7 Å².